The lowest BCUT2D eigenvalue weighted by atomic mass is 10.0. The molecule has 24 heavy (non-hydrogen) atoms. The van der Waals surface area contributed by atoms with Crippen molar-refractivity contribution in [1.82, 2.24) is 9.80 Å². The summed E-state index contributed by atoms with van der Waals surface area (Å²) in [5.41, 5.74) is 1.06. The highest BCUT2D eigenvalue weighted by atomic mass is 16.5. The van der Waals surface area contributed by atoms with Crippen molar-refractivity contribution in [2.45, 2.75) is 44.6 Å². The Labute approximate surface area is 145 Å². The Balaban J connectivity index is 1.58. The Hall–Kier alpha value is -1.39. The standard InChI is InChI=1S/C20H30N2O2/c23-20(24-17-16-21-12-6-2-7-13-21)19(18-10-4-1-5-11-18)22-14-8-3-9-15-22/h1,4-5,10-11,19H,2-3,6-9,12-17H2/t19-/m1/s1. The SMILES string of the molecule is O=C(OCCN1CCCCC1)[C@@H](c1ccccc1)N1CCCCC1. The smallest absolute Gasteiger partial charge is 0.328 e. The van der Waals surface area contributed by atoms with Crippen molar-refractivity contribution in [3.05, 3.63) is 35.9 Å². The molecule has 4 nitrogen and oxygen atoms in total. The van der Waals surface area contributed by atoms with Gasteiger partial charge in [-0.15, -0.1) is 0 Å². The number of ether oxygens (including phenoxy) is 1. The second-order valence-corrected chi connectivity index (χ2v) is 6.98. The minimum absolute atomic E-state index is 0.0832. The third-order valence-corrected chi connectivity index (χ3v) is 5.19. The molecule has 1 atom stereocenters. The molecule has 0 bridgehead atoms. The van der Waals surface area contributed by atoms with Gasteiger partial charge >= 0.3 is 5.97 Å². The zero-order valence-electron chi connectivity index (χ0n) is 14.7. The molecule has 0 N–H and O–H groups in total. The van der Waals surface area contributed by atoms with Gasteiger partial charge in [0.1, 0.15) is 12.6 Å². The zero-order chi connectivity index (χ0) is 16.6. The molecular formula is C20H30N2O2. The molecule has 2 saturated heterocycles. The van der Waals surface area contributed by atoms with E-state index in [0.717, 1.165) is 38.3 Å². The Bertz CT molecular complexity index is 494. The number of hydrogen-bond donors (Lipinski definition) is 0. The van der Waals surface area contributed by atoms with E-state index < -0.39 is 0 Å². The van der Waals surface area contributed by atoms with Crippen LogP contribution >= 0.6 is 0 Å². The molecule has 2 fully saturated rings. The minimum Gasteiger partial charge on any atom is -0.463 e. The van der Waals surface area contributed by atoms with Crippen LogP contribution in [0, 0.1) is 0 Å². The predicted octanol–water partition coefficient (Wildman–Crippen LogP) is 3.24. The van der Waals surface area contributed by atoms with E-state index in [0.29, 0.717) is 6.61 Å². The topological polar surface area (TPSA) is 32.8 Å². The quantitative estimate of drug-likeness (QED) is 0.750. The summed E-state index contributed by atoms with van der Waals surface area (Å²) >= 11 is 0. The second-order valence-electron chi connectivity index (χ2n) is 6.98. The molecule has 0 aromatic heterocycles. The van der Waals surface area contributed by atoms with Crippen molar-refractivity contribution in [1.29, 1.82) is 0 Å². The maximum atomic E-state index is 12.8. The number of carbonyl (C=O) groups is 1. The van der Waals surface area contributed by atoms with E-state index in [9.17, 15) is 4.79 Å². The van der Waals surface area contributed by atoms with Gasteiger partial charge < -0.3 is 4.74 Å². The van der Waals surface area contributed by atoms with Gasteiger partial charge in [-0.05, 0) is 57.4 Å². The van der Waals surface area contributed by atoms with Crippen molar-refractivity contribution in [3.8, 4) is 0 Å². The predicted molar refractivity (Wildman–Crippen MR) is 95.9 cm³/mol. The van der Waals surface area contributed by atoms with E-state index in [-0.39, 0.29) is 12.0 Å². The van der Waals surface area contributed by atoms with E-state index >= 15 is 0 Å². The van der Waals surface area contributed by atoms with E-state index in [1.165, 1.54) is 38.5 Å². The number of benzene rings is 1. The van der Waals surface area contributed by atoms with Gasteiger partial charge in [0, 0.05) is 6.54 Å². The Morgan fingerprint density at radius 2 is 1.54 bits per heavy atom. The normalized spacial score (nSPS) is 21.3. The van der Waals surface area contributed by atoms with Crippen molar-refractivity contribution in [2.75, 3.05) is 39.3 Å². The number of nitrogens with zero attached hydrogens (tertiary/aromatic N) is 2. The van der Waals surface area contributed by atoms with Gasteiger partial charge in [0.15, 0.2) is 0 Å². The molecule has 2 heterocycles. The largest absolute Gasteiger partial charge is 0.463 e. The third kappa shape index (κ3) is 4.81. The molecule has 0 aliphatic carbocycles. The number of likely N-dealkylation sites (tertiary alicyclic amines) is 2. The van der Waals surface area contributed by atoms with Crippen LogP contribution < -0.4 is 0 Å². The highest BCUT2D eigenvalue weighted by Gasteiger charge is 2.30. The first kappa shape index (κ1) is 17.4. The zero-order valence-corrected chi connectivity index (χ0v) is 14.7. The molecule has 0 unspecified atom stereocenters. The summed E-state index contributed by atoms with van der Waals surface area (Å²) in [6, 6.07) is 9.86. The van der Waals surface area contributed by atoms with Gasteiger partial charge in [-0.3, -0.25) is 9.80 Å². The maximum absolute atomic E-state index is 12.8. The molecule has 0 saturated carbocycles. The summed E-state index contributed by atoms with van der Waals surface area (Å²) in [4.78, 5) is 17.5. The number of carbonyl (C=O) groups excluding carboxylic acids is 1. The fourth-order valence-electron chi connectivity index (χ4n) is 3.85. The summed E-state index contributed by atoms with van der Waals surface area (Å²) in [5, 5.41) is 0. The first-order chi connectivity index (χ1) is 11.8. The molecule has 0 radical (unpaired) electrons. The molecule has 4 heteroatoms. The third-order valence-electron chi connectivity index (χ3n) is 5.19. The van der Waals surface area contributed by atoms with Gasteiger partial charge in [-0.1, -0.05) is 43.2 Å². The van der Waals surface area contributed by atoms with Gasteiger partial charge in [0.25, 0.3) is 0 Å². The van der Waals surface area contributed by atoms with Gasteiger partial charge in [0.2, 0.25) is 0 Å². The fraction of sp³-hybridized carbons (Fsp3) is 0.650. The Morgan fingerprint density at radius 3 is 2.21 bits per heavy atom. The molecule has 1 aromatic rings. The van der Waals surface area contributed by atoms with Crippen LogP contribution in [-0.4, -0.2) is 55.1 Å². The summed E-state index contributed by atoms with van der Waals surface area (Å²) in [6.07, 6.45) is 7.49. The summed E-state index contributed by atoms with van der Waals surface area (Å²) in [5.74, 6) is -0.0832. The lowest BCUT2D eigenvalue weighted by Gasteiger charge is -2.33. The van der Waals surface area contributed by atoms with Crippen LogP contribution in [0.15, 0.2) is 30.3 Å². The highest BCUT2D eigenvalue weighted by molar-refractivity contribution is 5.77. The highest BCUT2D eigenvalue weighted by Crippen LogP contribution is 2.26. The van der Waals surface area contributed by atoms with Gasteiger partial charge in [-0.25, -0.2) is 4.79 Å². The first-order valence-electron chi connectivity index (χ1n) is 9.52. The van der Waals surface area contributed by atoms with Crippen LogP contribution in [0.2, 0.25) is 0 Å². The van der Waals surface area contributed by atoms with E-state index in [1.54, 1.807) is 0 Å². The molecule has 3 rings (SSSR count). The fourth-order valence-corrected chi connectivity index (χ4v) is 3.85. The van der Waals surface area contributed by atoms with Crippen molar-refractivity contribution in [3.63, 3.8) is 0 Å². The number of esters is 1. The summed E-state index contributed by atoms with van der Waals surface area (Å²) in [7, 11) is 0. The maximum Gasteiger partial charge on any atom is 0.328 e. The molecule has 0 spiro atoms. The second kappa shape index (κ2) is 9.19. The van der Waals surface area contributed by atoms with Crippen LogP contribution in [0.1, 0.15) is 50.1 Å². The molecule has 2 aliphatic heterocycles. The van der Waals surface area contributed by atoms with Crippen LogP contribution in [0.5, 0.6) is 0 Å². The minimum atomic E-state index is -0.243. The number of rotatable bonds is 6. The van der Waals surface area contributed by atoms with Crippen molar-refractivity contribution in [2.24, 2.45) is 0 Å². The van der Waals surface area contributed by atoms with Crippen LogP contribution in [0.4, 0.5) is 0 Å². The molecule has 132 valence electrons. The molecular weight excluding hydrogens is 300 g/mol. The Kier molecular flexibility index (Phi) is 6.67. The number of hydrogen-bond acceptors (Lipinski definition) is 4. The monoisotopic (exact) mass is 330 g/mol. The summed E-state index contributed by atoms with van der Waals surface area (Å²) in [6.45, 7) is 5.64. The van der Waals surface area contributed by atoms with Crippen LogP contribution in [0.3, 0.4) is 0 Å². The lowest BCUT2D eigenvalue weighted by molar-refractivity contribution is -0.151. The molecule has 1 aromatic carbocycles. The molecule has 0 amide bonds. The molecule has 2 aliphatic rings. The van der Waals surface area contributed by atoms with Gasteiger partial charge in [0.05, 0.1) is 0 Å². The average Bonchev–Trinajstić information content (AvgIpc) is 2.65. The summed E-state index contributed by atoms with van der Waals surface area (Å²) < 4.78 is 5.69. The Morgan fingerprint density at radius 1 is 0.917 bits per heavy atom. The lowest BCUT2D eigenvalue weighted by Crippen LogP contribution is -2.40. The van der Waals surface area contributed by atoms with Crippen molar-refractivity contribution >= 4 is 5.97 Å². The van der Waals surface area contributed by atoms with Crippen molar-refractivity contribution < 1.29 is 9.53 Å². The van der Waals surface area contributed by atoms with Crippen LogP contribution in [0.25, 0.3) is 0 Å². The van der Waals surface area contributed by atoms with E-state index in [4.69, 9.17) is 4.74 Å². The van der Waals surface area contributed by atoms with E-state index in [1.807, 2.05) is 30.3 Å². The number of piperidine rings is 2. The van der Waals surface area contributed by atoms with Crippen LogP contribution in [-0.2, 0) is 9.53 Å². The average molecular weight is 330 g/mol. The van der Waals surface area contributed by atoms with E-state index in [2.05, 4.69) is 9.80 Å². The first-order valence-corrected chi connectivity index (χ1v) is 9.52. The van der Waals surface area contributed by atoms with Gasteiger partial charge in [-0.2, -0.15) is 0 Å².